The maximum absolute atomic E-state index is 13.0. The molecule has 6 nitrogen and oxygen atoms in total. The maximum atomic E-state index is 13.0. The molecule has 1 aliphatic rings. The van der Waals surface area contributed by atoms with Gasteiger partial charge in [0, 0.05) is 18.8 Å². The summed E-state index contributed by atoms with van der Waals surface area (Å²) in [6, 6.07) is 9.08. The van der Waals surface area contributed by atoms with Gasteiger partial charge in [-0.1, -0.05) is 30.7 Å². The summed E-state index contributed by atoms with van der Waals surface area (Å²) in [6.07, 6.45) is 1.20. The van der Waals surface area contributed by atoms with Crippen molar-refractivity contribution in [1.82, 2.24) is 4.31 Å². The van der Waals surface area contributed by atoms with Gasteiger partial charge in [0.2, 0.25) is 10.0 Å². The molecule has 0 fully saturated rings. The van der Waals surface area contributed by atoms with Crippen LogP contribution in [-0.4, -0.2) is 33.4 Å². The van der Waals surface area contributed by atoms with Gasteiger partial charge in [-0.2, -0.15) is 4.31 Å². The van der Waals surface area contributed by atoms with Crippen molar-refractivity contribution in [3.63, 3.8) is 0 Å². The number of fused-ring (bicyclic) bond motifs is 1. The van der Waals surface area contributed by atoms with E-state index >= 15 is 0 Å². The highest BCUT2D eigenvalue weighted by Gasteiger charge is 2.27. The molecule has 0 aromatic heterocycles. The van der Waals surface area contributed by atoms with Crippen molar-refractivity contribution in [3.8, 4) is 0 Å². The summed E-state index contributed by atoms with van der Waals surface area (Å²) in [7, 11) is -7.04. The summed E-state index contributed by atoms with van der Waals surface area (Å²) in [5.74, 6) is 0.126. The van der Waals surface area contributed by atoms with Gasteiger partial charge in [0.25, 0.3) is 10.0 Å². The fraction of sp³-hybridized carbons (Fsp3) is 0.429. The minimum absolute atomic E-state index is 0.126. The summed E-state index contributed by atoms with van der Waals surface area (Å²) >= 11 is 0. The highest BCUT2D eigenvalue weighted by molar-refractivity contribution is 7.92. The zero-order chi connectivity index (χ0) is 21.4. The minimum Gasteiger partial charge on any atom is -0.280 e. The third-order valence-electron chi connectivity index (χ3n) is 5.16. The van der Waals surface area contributed by atoms with Crippen molar-refractivity contribution < 1.29 is 16.8 Å². The van der Waals surface area contributed by atoms with Gasteiger partial charge in [0.15, 0.2) is 0 Å². The van der Waals surface area contributed by atoms with Crippen LogP contribution in [0.15, 0.2) is 35.2 Å². The molecule has 0 aliphatic carbocycles. The number of sulfonamides is 2. The van der Waals surface area contributed by atoms with E-state index in [2.05, 4.69) is 4.72 Å². The van der Waals surface area contributed by atoms with Crippen molar-refractivity contribution in [2.45, 2.75) is 52.0 Å². The van der Waals surface area contributed by atoms with Crippen LogP contribution in [0.25, 0.3) is 0 Å². The van der Waals surface area contributed by atoms with Crippen LogP contribution in [0.3, 0.4) is 0 Å². The summed E-state index contributed by atoms with van der Waals surface area (Å²) in [4.78, 5) is 0.285. The monoisotopic (exact) mass is 436 g/mol. The van der Waals surface area contributed by atoms with Crippen LogP contribution < -0.4 is 4.72 Å². The van der Waals surface area contributed by atoms with Gasteiger partial charge in [0.1, 0.15) is 0 Å². The van der Waals surface area contributed by atoms with Crippen LogP contribution in [-0.2, 0) is 33.0 Å². The van der Waals surface area contributed by atoms with Crippen LogP contribution in [0.5, 0.6) is 0 Å². The molecular weight excluding hydrogens is 408 g/mol. The lowest BCUT2D eigenvalue weighted by Gasteiger charge is -2.28. The van der Waals surface area contributed by atoms with Gasteiger partial charge in [-0.3, -0.25) is 4.72 Å². The van der Waals surface area contributed by atoms with Gasteiger partial charge < -0.3 is 0 Å². The van der Waals surface area contributed by atoms with Gasteiger partial charge in [-0.05, 0) is 68.0 Å². The van der Waals surface area contributed by atoms with Gasteiger partial charge in [0.05, 0.1) is 10.6 Å². The van der Waals surface area contributed by atoms with E-state index < -0.39 is 20.0 Å². The molecule has 2 aromatic rings. The number of benzene rings is 2. The zero-order valence-corrected chi connectivity index (χ0v) is 19.0. The van der Waals surface area contributed by atoms with Crippen LogP contribution >= 0.6 is 0 Å². The predicted molar refractivity (Wildman–Crippen MR) is 116 cm³/mol. The van der Waals surface area contributed by atoms with E-state index in [-0.39, 0.29) is 17.2 Å². The molecule has 1 aliphatic heterocycles. The molecular formula is C21H28N2O4S2. The van der Waals surface area contributed by atoms with E-state index in [1.807, 2.05) is 32.0 Å². The first-order valence-electron chi connectivity index (χ1n) is 9.74. The van der Waals surface area contributed by atoms with Crippen molar-refractivity contribution in [2.24, 2.45) is 0 Å². The second-order valence-corrected chi connectivity index (χ2v) is 11.4. The van der Waals surface area contributed by atoms with Crippen LogP contribution in [0, 0.1) is 20.8 Å². The van der Waals surface area contributed by atoms with Gasteiger partial charge in [-0.25, -0.2) is 16.8 Å². The molecule has 0 saturated heterocycles. The molecule has 0 bridgehead atoms. The molecule has 158 valence electrons. The Balaban J connectivity index is 1.89. The Kier molecular flexibility index (Phi) is 6.08. The molecule has 3 rings (SSSR count). The fourth-order valence-electron chi connectivity index (χ4n) is 4.02. The lowest BCUT2D eigenvalue weighted by Crippen LogP contribution is -2.37. The second kappa shape index (κ2) is 8.08. The minimum atomic E-state index is -3.75. The summed E-state index contributed by atoms with van der Waals surface area (Å²) in [5.41, 5.74) is 4.75. The van der Waals surface area contributed by atoms with E-state index in [1.165, 1.54) is 4.31 Å². The van der Waals surface area contributed by atoms with Crippen LogP contribution in [0.1, 0.15) is 41.2 Å². The number of nitrogens with one attached hydrogen (secondary N) is 1. The van der Waals surface area contributed by atoms with E-state index in [9.17, 15) is 16.8 Å². The molecule has 29 heavy (non-hydrogen) atoms. The Hall–Kier alpha value is -1.90. The standard InChI is InChI=1S/C21H28N2O4S2/c1-5-10-28(24,25)23-9-8-18-6-7-20(13-19(18)14-23)22-29(26,27)21-16(3)11-15(2)12-17(21)4/h6-7,11-13,22H,5,8-10,14H2,1-4H3. The first kappa shape index (κ1) is 21.8. The first-order valence-corrected chi connectivity index (χ1v) is 12.8. The SMILES string of the molecule is CCCS(=O)(=O)N1CCc2ccc(NS(=O)(=O)c3c(C)cc(C)cc3C)cc2C1. The first-order chi connectivity index (χ1) is 13.5. The van der Waals surface area contributed by atoms with Crippen molar-refractivity contribution in [1.29, 1.82) is 0 Å². The molecule has 1 N–H and O–H groups in total. The molecule has 0 spiro atoms. The molecule has 0 amide bonds. The summed E-state index contributed by atoms with van der Waals surface area (Å²) in [6.45, 7) is 8.09. The predicted octanol–water partition coefficient (Wildman–Crippen LogP) is 3.51. The maximum Gasteiger partial charge on any atom is 0.262 e. The average molecular weight is 437 g/mol. The molecule has 0 radical (unpaired) electrons. The Bertz CT molecular complexity index is 1120. The molecule has 0 saturated carbocycles. The number of hydrogen-bond acceptors (Lipinski definition) is 4. The Morgan fingerprint density at radius 2 is 1.62 bits per heavy atom. The summed E-state index contributed by atoms with van der Waals surface area (Å²) < 4.78 is 55.0. The van der Waals surface area contributed by atoms with E-state index in [0.29, 0.717) is 36.2 Å². The largest absolute Gasteiger partial charge is 0.280 e. The second-order valence-electron chi connectivity index (χ2n) is 7.72. The Morgan fingerprint density at radius 1 is 0.966 bits per heavy atom. The normalized spacial score (nSPS) is 15.2. The van der Waals surface area contributed by atoms with E-state index in [0.717, 1.165) is 16.7 Å². The molecule has 2 aromatic carbocycles. The fourth-order valence-corrected chi connectivity index (χ4v) is 7.00. The smallest absolute Gasteiger partial charge is 0.262 e. The number of rotatable bonds is 6. The molecule has 8 heteroatoms. The quantitative estimate of drug-likeness (QED) is 0.751. The van der Waals surface area contributed by atoms with Crippen LogP contribution in [0.4, 0.5) is 5.69 Å². The number of aryl methyl sites for hydroxylation is 3. The van der Waals surface area contributed by atoms with Gasteiger partial charge >= 0.3 is 0 Å². The highest BCUT2D eigenvalue weighted by atomic mass is 32.2. The topological polar surface area (TPSA) is 83.6 Å². The average Bonchev–Trinajstić information content (AvgIpc) is 2.59. The van der Waals surface area contributed by atoms with Crippen molar-refractivity contribution >= 4 is 25.7 Å². The highest BCUT2D eigenvalue weighted by Crippen LogP contribution is 2.28. The third-order valence-corrected chi connectivity index (χ3v) is 8.87. The Morgan fingerprint density at radius 3 is 2.24 bits per heavy atom. The van der Waals surface area contributed by atoms with E-state index in [1.54, 1.807) is 26.0 Å². The molecule has 1 heterocycles. The van der Waals surface area contributed by atoms with E-state index in [4.69, 9.17) is 0 Å². The zero-order valence-electron chi connectivity index (χ0n) is 17.3. The van der Waals surface area contributed by atoms with Gasteiger partial charge in [-0.15, -0.1) is 0 Å². The van der Waals surface area contributed by atoms with Crippen molar-refractivity contribution in [2.75, 3.05) is 17.0 Å². The Labute approximate surface area is 174 Å². The third kappa shape index (κ3) is 4.65. The lowest BCUT2D eigenvalue weighted by molar-refractivity contribution is 0.391. The molecule has 0 unspecified atom stereocenters. The number of hydrogen-bond donors (Lipinski definition) is 1. The lowest BCUT2D eigenvalue weighted by atomic mass is 10.0. The number of nitrogens with zero attached hydrogens (tertiary/aromatic N) is 1. The molecule has 0 atom stereocenters. The van der Waals surface area contributed by atoms with Crippen LogP contribution in [0.2, 0.25) is 0 Å². The van der Waals surface area contributed by atoms with Crippen molar-refractivity contribution in [3.05, 3.63) is 58.1 Å². The summed E-state index contributed by atoms with van der Waals surface area (Å²) in [5, 5.41) is 0. The number of anilines is 1.